The molecule has 0 unspecified atom stereocenters. The van der Waals surface area contributed by atoms with Crippen LogP contribution in [0.2, 0.25) is 0 Å². The van der Waals surface area contributed by atoms with Crippen LogP contribution in [0.25, 0.3) is 0 Å². The van der Waals surface area contributed by atoms with Gasteiger partial charge in [-0.25, -0.2) is 0 Å². The quantitative estimate of drug-likeness (QED) is 0.188. The van der Waals surface area contributed by atoms with E-state index in [9.17, 15) is 0 Å². The second-order valence-corrected chi connectivity index (χ2v) is 8.40. The van der Waals surface area contributed by atoms with Crippen LogP contribution in [0, 0.1) is 0 Å². The molecule has 154 valence electrons. The molecular weight excluding hydrogens is 316 g/mol. The van der Waals surface area contributed by atoms with Gasteiger partial charge < -0.3 is 0 Å². The Labute approximate surface area is 165 Å². The third-order valence-corrected chi connectivity index (χ3v) is 5.76. The van der Waals surface area contributed by atoms with Crippen molar-refractivity contribution in [2.24, 2.45) is 5.10 Å². The maximum atomic E-state index is 4.65. The molecule has 0 spiro atoms. The van der Waals surface area contributed by atoms with Crippen molar-refractivity contribution in [1.82, 2.24) is 5.01 Å². The zero-order chi connectivity index (χ0) is 18.5. The highest BCUT2D eigenvalue weighted by molar-refractivity contribution is 5.56. The molecule has 2 heteroatoms. The third-order valence-electron chi connectivity index (χ3n) is 5.76. The summed E-state index contributed by atoms with van der Waals surface area (Å²) in [6.07, 6.45) is 30.4. The number of nitrogens with zero attached hydrogens (tertiary/aromatic N) is 2. The molecule has 1 fully saturated rings. The van der Waals surface area contributed by atoms with Gasteiger partial charge >= 0.3 is 0 Å². The molecule has 0 atom stereocenters. The summed E-state index contributed by atoms with van der Waals surface area (Å²) in [6, 6.07) is 0. The molecule has 0 aromatic heterocycles. The Morgan fingerprint density at radius 2 is 1.00 bits per heavy atom. The normalized spacial score (nSPS) is 15.7. The molecule has 1 rings (SSSR count). The van der Waals surface area contributed by atoms with Crippen molar-refractivity contribution >= 4 is 6.21 Å². The zero-order valence-corrected chi connectivity index (χ0v) is 18.0. The number of unbranched alkanes of at least 4 members (excludes halogenated alkanes) is 15. The van der Waals surface area contributed by atoms with E-state index in [0.717, 1.165) is 0 Å². The molecule has 1 aliphatic heterocycles. The molecule has 1 aliphatic rings. The van der Waals surface area contributed by atoms with Gasteiger partial charge in [0.2, 0.25) is 0 Å². The number of hydrazone groups is 1. The molecule has 0 aromatic carbocycles. The lowest BCUT2D eigenvalue weighted by molar-refractivity contribution is 0.301. The minimum Gasteiger partial charge on any atom is -0.297 e. The van der Waals surface area contributed by atoms with Gasteiger partial charge in [0.1, 0.15) is 0 Å². The molecule has 2 nitrogen and oxygen atoms in total. The Morgan fingerprint density at radius 1 is 0.577 bits per heavy atom. The zero-order valence-electron chi connectivity index (χ0n) is 18.0. The van der Waals surface area contributed by atoms with Crippen molar-refractivity contribution in [3.05, 3.63) is 0 Å². The molecule has 0 amide bonds. The van der Waals surface area contributed by atoms with E-state index in [-0.39, 0.29) is 0 Å². The van der Waals surface area contributed by atoms with Crippen LogP contribution in [-0.2, 0) is 0 Å². The minimum absolute atomic E-state index is 1.18. The Hall–Kier alpha value is -0.530. The Morgan fingerprint density at radius 3 is 1.46 bits per heavy atom. The molecule has 1 heterocycles. The average Bonchev–Trinajstić information content (AvgIpc) is 2.93. The summed E-state index contributed by atoms with van der Waals surface area (Å²) in [5.74, 6) is 0. The fourth-order valence-electron chi connectivity index (χ4n) is 3.95. The number of rotatable bonds is 17. The number of hydrogen-bond acceptors (Lipinski definition) is 2. The number of hydrogen-bond donors (Lipinski definition) is 0. The van der Waals surface area contributed by atoms with Gasteiger partial charge in [-0.1, -0.05) is 110 Å². The first-order valence-corrected chi connectivity index (χ1v) is 12.2. The van der Waals surface area contributed by atoms with Gasteiger partial charge in [-0.15, -0.1) is 0 Å². The first kappa shape index (κ1) is 23.5. The Kier molecular flexibility index (Phi) is 17.4. The summed E-state index contributed by atoms with van der Waals surface area (Å²) >= 11 is 0. The molecule has 0 aromatic rings. The van der Waals surface area contributed by atoms with Crippen LogP contribution < -0.4 is 0 Å². The molecule has 0 N–H and O–H groups in total. The second-order valence-electron chi connectivity index (χ2n) is 8.40. The smallest absolute Gasteiger partial charge is 0.0360 e. The maximum absolute atomic E-state index is 4.65. The molecule has 0 bridgehead atoms. The highest BCUT2D eigenvalue weighted by atomic mass is 15.4. The van der Waals surface area contributed by atoms with E-state index in [2.05, 4.69) is 23.2 Å². The van der Waals surface area contributed by atoms with Gasteiger partial charge in [0.15, 0.2) is 0 Å². The van der Waals surface area contributed by atoms with Crippen LogP contribution in [0.5, 0.6) is 0 Å². The van der Waals surface area contributed by atoms with Crippen LogP contribution in [0.4, 0.5) is 0 Å². The van der Waals surface area contributed by atoms with Crippen LogP contribution >= 0.6 is 0 Å². The minimum atomic E-state index is 1.18. The fourth-order valence-corrected chi connectivity index (χ4v) is 3.95. The van der Waals surface area contributed by atoms with Crippen molar-refractivity contribution in [2.75, 3.05) is 13.1 Å². The Bertz CT molecular complexity index is 293. The van der Waals surface area contributed by atoms with E-state index < -0.39 is 0 Å². The molecular formula is C24H48N2. The molecule has 1 saturated heterocycles. The highest BCUT2D eigenvalue weighted by Gasteiger charge is 2.04. The first-order valence-electron chi connectivity index (χ1n) is 12.2. The van der Waals surface area contributed by atoms with Gasteiger partial charge in [-0.05, 0) is 25.7 Å². The van der Waals surface area contributed by atoms with Crippen LogP contribution in [0.15, 0.2) is 5.10 Å². The predicted octanol–water partition coefficient (Wildman–Crippen LogP) is 8.11. The molecule has 0 aliphatic carbocycles. The van der Waals surface area contributed by atoms with Crippen molar-refractivity contribution < 1.29 is 0 Å². The van der Waals surface area contributed by atoms with E-state index in [1.54, 1.807) is 0 Å². The van der Waals surface area contributed by atoms with Gasteiger partial charge in [0.05, 0.1) is 0 Å². The third kappa shape index (κ3) is 15.7. The van der Waals surface area contributed by atoms with E-state index in [0.29, 0.717) is 0 Å². The van der Waals surface area contributed by atoms with Crippen molar-refractivity contribution in [3.63, 3.8) is 0 Å². The van der Waals surface area contributed by atoms with Crippen LogP contribution in [0.3, 0.4) is 0 Å². The van der Waals surface area contributed by atoms with Crippen LogP contribution in [0.1, 0.15) is 135 Å². The van der Waals surface area contributed by atoms with Crippen molar-refractivity contribution in [3.8, 4) is 0 Å². The van der Waals surface area contributed by atoms with Gasteiger partial charge in [-0.3, -0.25) is 5.01 Å². The highest BCUT2D eigenvalue weighted by Crippen LogP contribution is 2.14. The summed E-state index contributed by atoms with van der Waals surface area (Å²) in [5.41, 5.74) is 0. The topological polar surface area (TPSA) is 15.6 Å². The second kappa shape index (κ2) is 19.2. The Balaban J connectivity index is 1.73. The van der Waals surface area contributed by atoms with Gasteiger partial charge in [0, 0.05) is 19.3 Å². The lowest BCUT2D eigenvalue weighted by Crippen LogP contribution is -2.18. The summed E-state index contributed by atoms with van der Waals surface area (Å²) in [5, 5.41) is 6.94. The van der Waals surface area contributed by atoms with E-state index >= 15 is 0 Å². The van der Waals surface area contributed by atoms with E-state index in [1.165, 1.54) is 142 Å². The maximum Gasteiger partial charge on any atom is 0.0360 e. The molecule has 0 radical (unpaired) electrons. The molecule has 26 heavy (non-hydrogen) atoms. The molecule has 0 saturated carbocycles. The summed E-state index contributed by atoms with van der Waals surface area (Å²) < 4.78 is 0. The van der Waals surface area contributed by atoms with Crippen LogP contribution in [-0.4, -0.2) is 24.3 Å². The summed E-state index contributed by atoms with van der Waals surface area (Å²) in [4.78, 5) is 0. The summed E-state index contributed by atoms with van der Waals surface area (Å²) in [7, 11) is 0. The monoisotopic (exact) mass is 364 g/mol. The van der Waals surface area contributed by atoms with E-state index in [4.69, 9.17) is 0 Å². The predicted molar refractivity (Wildman–Crippen MR) is 118 cm³/mol. The van der Waals surface area contributed by atoms with Gasteiger partial charge in [0.25, 0.3) is 0 Å². The fraction of sp³-hybridized carbons (Fsp3) is 0.958. The van der Waals surface area contributed by atoms with Gasteiger partial charge in [-0.2, -0.15) is 5.10 Å². The summed E-state index contributed by atoms with van der Waals surface area (Å²) in [6.45, 7) is 4.65. The standard InChI is InChI=1S/C24H48N2/c1-2-3-4-5-6-7-8-9-10-11-12-13-14-15-16-19-22-25-26-23-20-17-18-21-24-26/h22H,2-21,23-24H2,1H3/b25-22+. The van der Waals surface area contributed by atoms with E-state index in [1.807, 2.05) is 0 Å². The largest absolute Gasteiger partial charge is 0.297 e. The SMILES string of the molecule is CCCCCCCCCCCCCCCCC/C=N/N1CCCCCC1. The lowest BCUT2D eigenvalue weighted by atomic mass is 10.0. The van der Waals surface area contributed by atoms with Crippen molar-refractivity contribution in [1.29, 1.82) is 0 Å². The lowest BCUT2D eigenvalue weighted by Gasteiger charge is -2.15. The average molecular weight is 365 g/mol. The van der Waals surface area contributed by atoms with Crippen molar-refractivity contribution in [2.45, 2.75) is 135 Å². The first-order chi connectivity index (χ1) is 12.9.